The molecule has 1 aromatic heterocycles. The van der Waals surface area contributed by atoms with E-state index in [9.17, 15) is 0 Å². The predicted molar refractivity (Wildman–Crippen MR) is 92.8 cm³/mol. The lowest BCUT2D eigenvalue weighted by molar-refractivity contribution is 0.940. The van der Waals surface area contributed by atoms with Crippen LogP contribution < -0.4 is 4.90 Å². The Balaban J connectivity index is 0.000000236. The summed E-state index contributed by atoms with van der Waals surface area (Å²) in [6, 6.07) is 8.64. The van der Waals surface area contributed by atoms with Gasteiger partial charge < -0.3 is 9.88 Å². The Morgan fingerprint density at radius 3 is 2.52 bits per heavy atom. The molecule has 21 heavy (non-hydrogen) atoms. The molecule has 6 heteroatoms. The third-order valence-electron chi connectivity index (χ3n) is 3.04. The first kappa shape index (κ1) is 17.9. The second-order valence-corrected chi connectivity index (χ2v) is 5.31. The molecular formula is C15H18Cl3N3. The molecule has 0 aliphatic carbocycles. The van der Waals surface area contributed by atoms with E-state index in [1.54, 1.807) is 0 Å². The second-order valence-electron chi connectivity index (χ2n) is 4.57. The molecule has 0 radical (unpaired) electrons. The van der Waals surface area contributed by atoms with Gasteiger partial charge in [0.2, 0.25) is 0 Å². The maximum Gasteiger partial charge on any atom is 0.165 e. The van der Waals surface area contributed by atoms with Gasteiger partial charge in [0.15, 0.2) is 5.15 Å². The van der Waals surface area contributed by atoms with E-state index < -0.39 is 0 Å². The molecule has 2 heterocycles. The van der Waals surface area contributed by atoms with Crippen LogP contribution in [0.25, 0.3) is 0 Å². The van der Waals surface area contributed by atoms with E-state index in [1.807, 2.05) is 0 Å². The van der Waals surface area contributed by atoms with E-state index in [0.29, 0.717) is 10.3 Å². The fraction of sp³-hybridized carbons (Fsp3) is 0.267. The SMILES string of the molecule is CCN1C=C(C)Cc2ccccc21.Cl.Clc1nc[nH]c1Cl. The number of nitrogens with zero attached hydrogens (tertiary/aromatic N) is 2. The first-order chi connectivity index (χ1) is 9.61. The second kappa shape index (κ2) is 8.32. The number of H-pyrrole nitrogens is 1. The zero-order valence-corrected chi connectivity index (χ0v) is 14.3. The fourth-order valence-electron chi connectivity index (χ4n) is 2.15. The van der Waals surface area contributed by atoms with Gasteiger partial charge in [0.1, 0.15) is 5.15 Å². The molecule has 0 saturated carbocycles. The van der Waals surface area contributed by atoms with Crippen molar-refractivity contribution in [1.82, 2.24) is 9.97 Å². The number of anilines is 1. The highest BCUT2D eigenvalue weighted by Gasteiger charge is 2.12. The van der Waals surface area contributed by atoms with Gasteiger partial charge in [0.25, 0.3) is 0 Å². The molecule has 1 aliphatic rings. The Labute approximate surface area is 141 Å². The van der Waals surface area contributed by atoms with E-state index >= 15 is 0 Å². The lowest BCUT2D eigenvalue weighted by Gasteiger charge is -2.27. The van der Waals surface area contributed by atoms with Gasteiger partial charge in [-0.15, -0.1) is 12.4 Å². The van der Waals surface area contributed by atoms with E-state index in [1.165, 1.54) is 23.2 Å². The number of para-hydroxylation sites is 1. The highest BCUT2D eigenvalue weighted by atomic mass is 35.5. The third kappa shape index (κ3) is 4.67. The van der Waals surface area contributed by atoms with E-state index in [-0.39, 0.29) is 12.4 Å². The molecule has 3 nitrogen and oxygen atoms in total. The maximum absolute atomic E-state index is 5.37. The molecule has 3 rings (SSSR count). The third-order valence-corrected chi connectivity index (χ3v) is 3.71. The van der Waals surface area contributed by atoms with Gasteiger partial charge in [-0.2, -0.15) is 0 Å². The number of aromatic amines is 1. The van der Waals surface area contributed by atoms with Gasteiger partial charge in [-0.25, -0.2) is 4.98 Å². The van der Waals surface area contributed by atoms with Crippen LogP contribution in [0, 0.1) is 0 Å². The minimum Gasteiger partial charge on any atom is -0.348 e. The van der Waals surface area contributed by atoms with Crippen LogP contribution in [0.3, 0.4) is 0 Å². The first-order valence-corrected chi connectivity index (χ1v) is 7.23. The van der Waals surface area contributed by atoms with Gasteiger partial charge in [-0.05, 0) is 31.9 Å². The summed E-state index contributed by atoms with van der Waals surface area (Å²) in [7, 11) is 0. The monoisotopic (exact) mass is 345 g/mol. The molecule has 0 atom stereocenters. The Kier molecular flexibility index (Phi) is 7.09. The molecule has 0 bridgehead atoms. The summed E-state index contributed by atoms with van der Waals surface area (Å²) in [5.74, 6) is 0. The van der Waals surface area contributed by atoms with Gasteiger partial charge in [0.05, 0.1) is 6.33 Å². The van der Waals surface area contributed by atoms with Crippen LogP contribution in [0.4, 0.5) is 5.69 Å². The summed E-state index contributed by atoms with van der Waals surface area (Å²) in [6.07, 6.45) is 4.79. The molecule has 114 valence electrons. The number of fused-ring (bicyclic) bond motifs is 1. The van der Waals surface area contributed by atoms with Crippen molar-refractivity contribution in [2.75, 3.05) is 11.4 Å². The smallest absolute Gasteiger partial charge is 0.165 e. The molecule has 1 aromatic carbocycles. The average Bonchev–Trinajstić information content (AvgIpc) is 2.82. The van der Waals surface area contributed by atoms with Gasteiger partial charge >= 0.3 is 0 Å². The number of halogens is 3. The van der Waals surface area contributed by atoms with Crippen LogP contribution in [-0.2, 0) is 6.42 Å². The number of hydrogen-bond donors (Lipinski definition) is 1. The summed E-state index contributed by atoms with van der Waals surface area (Å²) in [6.45, 7) is 5.43. The number of imidazole rings is 1. The number of benzene rings is 1. The van der Waals surface area contributed by atoms with Crippen molar-refractivity contribution in [3.05, 3.63) is 58.2 Å². The lowest BCUT2D eigenvalue weighted by Crippen LogP contribution is -2.20. The van der Waals surface area contributed by atoms with E-state index in [0.717, 1.165) is 13.0 Å². The molecule has 1 N–H and O–H groups in total. The van der Waals surface area contributed by atoms with Gasteiger partial charge in [0, 0.05) is 18.4 Å². The first-order valence-electron chi connectivity index (χ1n) is 6.48. The summed E-state index contributed by atoms with van der Waals surface area (Å²) in [5.41, 5.74) is 4.26. The molecule has 0 spiro atoms. The van der Waals surface area contributed by atoms with Crippen molar-refractivity contribution < 1.29 is 0 Å². The number of aromatic nitrogens is 2. The Morgan fingerprint density at radius 1 is 1.29 bits per heavy atom. The lowest BCUT2D eigenvalue weighted by atomic mass is 10.0. The summed E-state index contributed by atoms with van der Waals surface area (Å²) in [4.78, 5) is 8.50. The predicted octanol–water partition coefficient (Wildman–Crippen LogP) is 5.11. The molecule has 0 amide bonds. The molecule has 0 fully saturated rings. The number of allylic oxidation sites excluding steroid dienone is 1. The molecular weight excluding hydrogens is 329 g/mol. The molecule has 0 saturated heterocycles. The van der Waals surface area contributed by atoms with Crippen LogP contribution in [0.1, 0.15) is 19.4 Å². The Bertz CT molecular complexity index is 591. The Morgan fingerprint density at radius 2 is 2.00 bits per heavy atom. The van der Waals surface area contributed by atoms with Crippen LogP contribution in [-0.4, -0.2) is 16.5 Å². The quantitative estimate of drug-likeness (QED) is 0.778. The molecule has 0 unspecified atom stereocenters. The van der Waals surface area contributed by atoms with Crippen molar-refractivity contribution in [3.63, 3.8) is 0 Å². The van der Waals surface area contributed by atoms with Crippen LogP contribution in [0.5, 0.6) is 0 Å². The average molecular weight is 347 g/mol. The zero-order valence-electron chi connectivity index (χ0n) is 11.9. The van der Waals surface area contributed by atoms with Crippen LogP contribution >= 0.6 is 35.6 Å². The van der Waals surface area contributed by atoms with Gasteiger partial charge in [-0.1, -0.05) is 47.0 Å². The van der Waals surface area contributed by atoms with E-state index in [2.05, 4.69) is 59.2 Å². The normalized spacial score (nSPS) is 12.6. The van der Waals surface area contributed by atoms with Crippen LogP contribution in [0.2, 0.25) is 10.3 Å². The molecule has 2 aromatic rings. The van der Waals surface area contributed by atoms with Crippen molar-refractivity contribution in [1.29, 1.82) is 0 Å². The zero-order chi connectivity index (χ0) is 14.5. The standard InChI is InChI=1S/C12H15N.C3H2Cl2N2.ClH/c1-3-13-9-10(2)8-11-6-4-5-7-12(11)13;4-2-3(5)7-1-6-2;/h4-7,9H,3,8H2,1-2H3;1H,(H,6,7);1H. The summed E-state index contributed by atoms with van der Waals surface area (Å²) in [5, 5.41) is 0.711. The Hall–Kier alpha value is -1.16. The highest BCUT2D eigenvalue weighted by molar-refractivity contribution is 6.40. The number of hydrogen-bond acceptors (Lipinski definition) is 2. The van der Waals surface area contributed by atoms with Crippen LogP contribution in [0.15, 0.2) is 42.4 Å². The highest BCUT2D eigenvalue weighted by Crippen LogP contribution is 2.27. The van der Waals surface area contributed by atoms with E-state index in [4.69, 9.17) is 23.2 Å². The number of rotatable bonds is 1. The maximum atomic E-state index is 5.37. The largest absolute Gasteiger partial charge is 0.348 e. The minimum absolute atomic E-state index is 0. The summed E-state index contributed by atoms with van der Waals surface area (Å²) < 4.78 is 0. The fourth-order valence-corrected chi connectivity index (χ4v) is 2.35. The summed E-state index contributed by atoms with van der Waals surface area (Å²) >= 11 is 10.7. The minimum atomic E-state index is 0. The number of nitrogens with one attached hydrogen (secondary N) is 1. The van der Waals surface area contributed by atoms with Gasteiger partial charge in [-0.3, -0.25) is 0 Å². The van der Waals surface area contributed by atoms with Crippen molar-refractivity contribution >= 4 is 41.3 Å². The van der Waals surface area contributed by atoms with Crippen molar-refractivity contribution in [2.24, 2.45) is 0 Å². The van der Waals surface area contributed by atoms with Crippen molar-refractivity contribution in [3.8, 4) is 0 Å². The molecule has 1 aliphatic heterocycles. The van der Waals surface area contributed by atoms with Crippen molar-refractivity contribution in [2.45, 2.75) is 20.3 Å². The topological polar surface area (TPSA) is 31.9 Å².